The molecule has 0 saturated carbocycles. The molecule has 3 rings (SSSR count). The van der Waals surface area contributed by atoms with E-state index in [0.29, 0.717) is 18.7 Å². The maximum absolute atomic E-state index is 13.0. The summed E-state index contributed by atoms with van der Waals surface area (Å²) in [6, 6.07) is 8.57. The van der Waals surface area contributed by atoms with Crippen LogP contribution in [0.15, 0.2) is 41.4 Å². The van der Waals surface area contributed by atoms with Gasteiger partial charge in [0.1, 0.15) is 18.1 Å². The normalized spacial score (nSPS) is 11.9. The second-order valence-corrected chi connectivity index (χ2v) is 8.86. The second-order valence-electron chi connectivity index (χ2n) is 6.93. The summed E-state index contributed by atoms with van der Waals surface area (Å²) in [5, 5.41) is 0. The molecule has 1 N–H and O–H groups in total. The van der Waals surface area contributed by atoms with Crippen LogP contribution in [0.1, 0.15) is 37.4 Å². The lowest BCUT2D eigenvalue weighted by Gasteiger charge is -2.20. The molecule has 30 heavy (non-hydrogen) atoms. The van der Waals surface area contributed by atoms with E-state index in [9.17, 15) is 13.2 Å². The largest absolute Gasteiger partial charge is 0.465 e. The van der Waals surface area contributed by atoms with Crippen LogP contribution >= 0.6 is 0 Å². The molecule has 0 spiro atoms. The lowest BCUT2D eigenvalue weighted by Crippen LogP contribution is -2.37. The standard InChI is InChI=1S/C21H26N4O4S/c1-4-12-25(14-20(26)29-5-2)30(27,28)17-8-6-16(7-9-17)13-19-21-18(10-11-22-19)23-15(3)24-21/h6-11,22H,4-5,12-14H2,1-3H3. The van der Waals surface area contributed by atoms with Crippen LogP contribution in [0.2, 0.25) is 0 Å². The number of ether oxygens (including phenoxy) is 1. The Bertz CT molecular complexity index is 1080. The molecule has 0 unspecified atom stereocenters. The minimum Gasteiger partial charge on any atom is -0.465 e. The van der Waals surface area contributed by atoms with Gasteiger partial charge in [0.15, 0.2) is 0 Å². The van der Waals surface area contributed by atoms with Gasteiger partial charge in [-0.2, -0.15) is 4.31 Å². The molecule has 160 valence electrons. The van der Waals surface area contributed by atoms with Crippen molar-refractivity contribution in [2.75, 3.05) is 19.7 Å². The molecule has 1 aromatic rings. The molecule has 2 aliphatic heterocycles. The van der Waals surface area contributed by atoms with Crippen LogP contribution in [0.5, 0.6) is 0 Å². The fourth-order valence-electron chi connectivity index (χ4n) is 3.25. The van der Waals surface area contributed by atoms with Crippen molar-refractivity contribution in [1.29, 1.82) is 0 Å². The topological polar surface area (TPSA) is 105 Å². The van der Waals surface area contributed by atoms with Gasteiger partial charge in [0, 0.05) is 24.9 Å². The Balaban J connectivity index is 1.80. The third-order valence-electron chi connectivity index (χ3n) is 4.61. The zero-order valence-corrected chi connectivity index (χ0v) is 18.2. The maximum atomic E-state index is 13.0. The van der Waals surface area contributed by atoms with Crippen LogP contribution in [0, 0.1) is 6.92 Å². The molecule has 0 amide bonds. The smallest absolute Gasteiger partial charge is 0.321 e. The van der Waals surface area contributed by atoms with E-state index in [1.165, 1.54) is 0 Å². The summed E-state index contributed by atoms with van der Waals surface area (Å²) in [6.45, 7) is 5.57. The van der Waals surface area contributed by atoms with Crippen molar-refractivity contribution >= 4 is 16.0 Å². The SMILES string of the molecule is CCCN(CC(=O)OCC)S(=O)(=O)c1ccc(Cc2[nH]ccc3nc(C)nc2-3)cc1. The molecule has 0 atom stereocenters. The molecule has 8 nitrogen and oxygen atoms in total. The number of imidazole rings is 1. The van der Waals surface area contributed by atoms with Crippen LogP contribution in [0.4, 0.5) is 0 Å². The van der Waals surface area contributed by atoms with Crippen LogP contribution in [-0.2, 0) is 26.0 Å². The molecule has 1 aromatic carbocycles. The van der Waals surface area contributed by atoms with E-state index in [-0.39, 0.29) is 24.6 Å². The van der Waals surface area contributed by atoms with Crippen LogP contribution in [-0.4, -0.2) is 53.3 Å². The molecule has 0 radical (unpaired) electrons. The van der Waals surface area contributed by atoms with Crippen molar-refractivity contribution < 1.29 is 17.9 Å². The fourth-order valence-corrected chi connectivity index (χ4v) is 4.73. The molecule has 2 aliphatic rings. The average Bonchev–Trinajstić information content (AvgIpc) is 3.09. The van der Waals surface area contributed by atoms with E-state index in [0.717, 1.165) is 27.0 Å². The first-order valence-electron chi connectivity index (χ1n) is 9.90. The van der Waals surface area contributed by atoms with Gasteiger partial charge in [-0.3, -0.25) is 4.79 Å². The zero-order valence-electron chi connectivity index (χ0n) is 17.4. The van der Waals surface area contributed by atoms with E-state index in [2.05, 4.69) is 15.0 Å². The highest BCUT2D eigenvalue weighted by molar-refractivity contribution is 7.89. The summed E-state index contributed by atoms with van der Waals surface area (Å²) in [6.07, 6.45) is 2.98. The number of benzene rings is 1. The monoisotopic (exact) mass is 430 g/mol. The summed E-state index contributed by atoms with van der Waals surface area (Å²) < 4.78 is 32.1. The molecule has 9 heteroatoms. The number of carbonyl (C=O) groups excluding carboxylic acids is 1. The summed E-state index contributed by atoms with van der Waals surface area (Å²) >= 11 is 0. The van der Waals surface area contributed by atoms with Gasteiger partial charge in [0.2, 0.25) is 10.0 Å². The van der Waals surface area contributed by atoms with Crippen LogP contribution in [0.25, 0.3) is 11.4 Å². The number of H-pyrrole nitrogens is 1. The highest BCUT2D eigenvalue weighted by Crippen LogP contribution is 2.24. The number of rotatable bonds is 9. The van der Waals surface area contributed by atoms with Crippen molar-refractivity contribution in [2.45, 2.75) is 38.5 Å². The van der Waals surface area contributed by atoms with Gasteiger partial charge >= 0.3 is 5.97 Å². The van der Waals surface area contributed by atoms with Crippen molar-refractivity contribution in [3.8, 4) is 11.4 Å². The highest BCUT2D eigenvalue weighted by Gasteiger charge is 2.26. The number of hydrogen-bond acceptors (Lipinski definition) is 6. The molecule has 0 saturated heterocycles. The van der Waals surface area contributed by atoms with Gasteiger partial charge in [-0.25, -0.2) is 18.4 Å². The zero-order chi connectivity index (χ0) is 21.7. The van der Waals surface area contributed by atoms with Gasteiger partial charge in [0.05, 0.1) is 17.2 Å². The molecule has 2 heterocycles. The number of aryl methyl sites for hydroxylation is 1. The molecule has 0 aromatic heterocycles. The predicted molar refractivity (Wildman–Crippen MR) is 113 cm³/mol. The Labute approximate surface area is 176 Å². The van der Waals surface area contributed by atoms with Gasteiger partial charge in [-0.1, -0.05) is 19.1 Å². The quantitative estimate of drug-likeness (QED) is 0.523. The van der Waals surface area contributed by atoms with Gasteiger partial charge in [-0.15, -0.1) is 0 Å². The summed E-state index contributed by atoms with van der Waals surface area (Å²) in [4.78, 5) is 24.0. The summed E-state index contributed by atoms with van der Waals surface area (Å²) in [5.74, 6) is 0.158. The van der Waals surface area contributed by atoms with E-state index in [1.807, 2.05) is 26.1 Å². The minimum atomic E-state index is -3.80. The van der Waals surface area contributed by atoms with E-state index >= 15 is 0 Å². The van der Waals surface area contributed by atoms with Gasteiger partial charge < -0.3 is 9.72 Å². The Morgan fingerprint density at radius 3 is 2.53 bits per heavy atom. The minimum absolute atomic E-state index is 0.148. The van der Waals surface area contributed by atoms with Crippen molar-refractivity contribution in [2.24, 2.45) is 0 Å². The molecular weight excluding hydrogens is 404 g/mol. The fraction of sp³-hybridized carbons (Fsp3) is 0.381. The van der Waals surface area contributed by atoms with Gasteiger partial charge in [-0.05, 0) is 44.0 Å². The highest BCUT2D eigenvalue weighted by atomic mass is 32.2. The Morgan fingerprint density at radius 2 is 1.87 bits per heavy atom. The van der Waals surface area contributed by atoms with Crippen LogP contribution in [0.3, 0.4) is 0 Å². The number of pyridine rings is 1. The predicted octanol–water partition coefficient (Wildman–Crippen LogP) is 2.77. The number of aromatic nitrogens is 3. The first kappa shape index (κ1) is 21.9. The number of esters is 1. The number of hydrogen-bond donors (Lipinski definition) is 1. The summed E-state index contributed by atoms with van der Waals surface area (Å²) in [5.41, 5.74) is 3.49. The lowest BCUT2D eigenvalue weighted by molar-refractivity contribution is -0.143. The third-order valence-corrected chi connectivity index (χ3v) is 6.47. The Kier molecular flexibility index (Phi) is 6.84. The Hall–Kier alpha value is -2.78. The first-order chi connectivity index (χ1) is 14.3. The van der Waals surface area contributed by atoms with Crippen molar-refractivity contribution in [1.82, 2.24) is 19.3 Å². The lowest BCUT2D eigenvalue weighted by atomic mass is 10.1. The number of nitrogens with one attached hydrogen (secondary N) is 1. The van der Waals surface area contributed by atoms with Crippen molar-refractivity contribution in [3.63, 3.8) is 0 Å². The molecular formula is C21H26N4O4S. The van der Waals surface area contributed by atoms with E-state index in [1.54, 1.807) is 31.2 Å². The number of fused-ring (bicyclic) bond motifs is 1. The number of nitrogens with zero attached hydrogens (tertiary/aromatic N) is 3. The van der Waals surface area contributed by atoms with Crippen molar-refractivity contribution in [3.05, 3.63) is 53.6 Å². The summed E-state index contributed by atoms with van der Waals surface area (Å²) in [7, 11) is -3.80. The second kappa shape index (κ2) is 9.36. The number of sulfonamides is 1. The van der Waals surface area contributed by atoms with E-state index < -0.39 is 16.0 Å². The van der Waals surface area contributed by atoms with E-state index in [4.69, 9.17) is 4.74 Å². The first-order valence-corrected chi connectivity index (χ1v) is 11.3. The average molecular weight is 431 g/mol. The molecule has 0 bridgehead atoms. The molecule has 0 fully saturated rings. The van der Waals surface area contributed by atoms with Crippen LogP contribution < -0.4 is 0 Å². The Morgan fingerprint density at radius 1 is 1.13 bits per heavy atom. The van der Waals surface area contributed by atoms with Gasteiger partial charge in [0.25, 0.3) is 0 Å². The molecule has 0 aliphatic carbocycles. The maximum Gasteiger partial charge on any atom is 0.321 e. The number of carbonyl (C=O) groups is 1. The third kappa shape index (κ3) is 4.85. The number of aromatic amines is 1.